The number of aromatic nitrogens is 2. The van der Waals surface area contributed by atoms with Crippen molar-refractivity contribution in [3.05, 3.63) is 28.1 Å². The number of hydrogen-bond acceptors (Lipinski definition) is 6. The van der Waals surface area contributed by atoms with E-state index in [1.807, 2.05) is 0 Å². The minimum absolute atomic E-state index is 0.118. The molecule has 112 valence electrons. The van der Waals surface area contributed by atoms with Gasteiger partial charge in [-0.15, -0.1) is 0 Å². The minimum Gasteiger partial charge on any atom is -0.490 e. The summed E-state index contributed by atoms with van der Waals surface area (Å²) in [7, 11) is 4.44. The zero-order chi connectivity index (χ0) is 15.6. The number of esters is 1. The summed E-state index contributed by atoms with van der Waals surface area (Å²) in [6, 6.07) is 2.94. The first-order chi connectivity index (χ1) is 9.97. The van der Waals surface area contributed by atoms with Crippen molar-refractivity contribution in [3.63, 3.8) is 0 Å². The summed E-state index contributed by atoms with van der Waals surface area (Å²) in [5.74, 6) is 0.480. The lowest BCUT2D eigenvalue weighted by Gasteiger charge is -2.03. The molecule has 0 saturated carbocycles. The van der Waals surface area contributed by atoms with Crippen molar-refractivity contribution in [2.45, 2.75) is 12.8 Å². The second kappa shape index (κ2) is 5.78. The molecule has 2 rings (SSSR count). The summed E-state index contributed by atoms with van der Waals surface area (Å²) in [6.07, 6.45) is 0.598. The molecule has 0 bridgehead atoms. The van der Waals surface area contributed by atoms with Crippen LogP contribution in [-0.2, 0) is 23.0 Å². The Morgan fingerprint density at radius 2 is 2.14 bits per heavy atom. The number of carbonyl (C=O) groups is 1. The van der Waals surface area contributed by atoms with E-state index in [2.05, 4.69) is 9.72 Å². The van der Waals surface area contributed by atoms with Crippen LogP contribution in [0.5, 0.6) is 5.75 Å². The molecule has 0 fully saturated rings. The normalized spacial score (nSPS) is 10.6. The van der Waals surface area contributed by atoms with Gasteiger partial charge in [0.2, 0.25) is 0 Å². The number of carbonyl (C=O) groups excluding carboxylic acids is 1. The number of benzene rings is 1. The van der Waals surface area contributed by atoms with Gasteiger partial charge in [-0.05, 0) is 0 Å². The Morgan fingerprint density at radius 3 is 2.71 bits per heavy atom. The number of imidazole rings is 1. The number of ether oxygens (including phenoxy) is 2. The van der Waals surface area contributed by atoms with E-state index in [4.69, 9.17) is 4.74 Å². The van der Waals surface area contributed by atoms with Gasteiger partial charge >= 0.3 is 11.7 Å². The molecule has 21 heavy (non-hydrogen) atoms. The quantitative estimate of drug-likeness (QED) is 0.472. The van der Waals surface area contributed by atoms with Crippen molar-refractivity contribution >= 4 is 22.7 Å². The van der Waals surface area contributed by atoms with Crippen LogP contribution in [0.1, 0.15) is 12.2 Å². The third kappa shape index (κ3) is 2.78. The van der Waals surface area contributed by atoms with Crippen LogP contribution < -0.4 is 4.74 Å². The van der Waals surface area contributed by atoms with Gasteiger partial charge in [0, 0.05) is 25.6 Å². The van der Waals surface area contributed by atoms with E-state index in [1.54, 1.807) is 11.6 Å². The number of aryl methyl sites for hydroxylation is 2. The number of methoxy groups -OCH3 is 2. The largest absolute Gasteiger partial charge is 0.490 e. The molecule has 0 unspecified atom stereocenters. The molecule has 0 saturated heterocycles. The van der Waals surface area contributed by atoms with Crippen LogP contribution >= 0.6 is 0 Å². The Hall–Kier alpha value is -2.64. The standard InChI is InChI=1S/C13H15N3O5/c1-15-9-7-10(16(18)19)11(20-2)6-8(9)14-12(15)4-5-13(17)21-3/h6-7H,4-5H2,1-3H3. The maximum atomic E-state index is 11.2. The predicted octanol–water partition coefficient (Wildman–Crippen LogP) is 1.60. The van der Waals surface area contributed by atoms with Gasteiger partial charge in [-0.2, -0.15) is 0 Å². The smallest absolute Gasteiger partial charge is 0.313 e. The summed E-state index contributed by atoms with van der Waals surface area (Å²) in [6.45, 7) is 0. The van der Waals surface area contributed by atoms with Crippen molar-refractivity contribution in [2.24, 2.45) is 7.05 Å². The average Bonchev–Trinajstić information content (AvgIpc) is 2.79. The number of nitro groups is 1. The van der Waals surface area contributed by atoms with E-state index in [-0.39, 0.29) is 23.8 Å². The molecule has 1 aromatic heterocycles. The number of fused-ring (bicyclic) bond motifs is 1. The van der Waals surface area contributed by atoms with E-state index < -0.39 is 4.92 Å². The maximum absolute atomic E-state index is 11.2. The van der Waals surface area contributed by atoms with Crippen LogP contribution in [0.25, 0.3) is 11.0 Å². The van der Waals surface area contributed by atoms with Gasteiger partial charge in [0.1, 0.15) is 5.82 Å². The monoisotopic (exact) mass is 293 g/mol. The summed E-state index contributed by atoms with van der Waals surface area (Å²) in [5.41, 5.74) is 1.08. The molecule has 0 atom stereocenters. The molecule has 0 spiro atoms. The van der Waals surface area contributed by atoms with Gasteiger partial charge in [0.05, 0.1) is 36.6 Å². The van der Waals surface area contributed by atoms with E-state index >= 15 is 0 Å². The third-order valence-electron chi connectivity index (χ3n) is 3.25. The van der Waals surface area contributed by atoms with Gasteiger partial charge in [-0.3, -0.25) is 14.9 Å². The topological polar surface area (TPSA) is 96.5 Å². The molecule has 0 radical (unpaired) electrons. The zero-order valence-electron chi connectivity index (χ0n) is 12.0. The van der Waals surface area contributed by atoms with Crippen molar-refractivity contribution in [3.8, 4) is 5.75 Å². The molecule has 0 amide bonds. The van der Waals surface area contributed by atoms with Crippen molar-refractivity contribution in [1.29, 1.82) is 0 Å². The number of rotatable bonds is 5. The molecular weight excluding hydrogens is 278 g/mol. The Balaban J connectivity index is 2.45. The van der Waals surface area contributed by atoms with Crippen LogP contribution in [0.2, 0.25) is 0 Å². The predicted molar refractivity (Wildman–Crippen MR) is 74.3 cm³/mol. The fourth-order valence-corrected chi connectivity index (χ4v) is 2.10. The van der Waals surface area contributed by atoms with Gasteiger partial charge in [0.25, 0.3) is 0 Å². The lowest BCUT2D eigenvalue weighted by molar-refractivity contribution is -0.385. The molecule has 1 aromatic carbocycles. The highest BCUT2D eigenvalue weighted by molar-refractivity contribution is 5.82. The second-order valence-corrected chi connectivity index (χ2v) is 4.43. The third-order valence-corrected chi connectivity index (χ3v) is 3.25. The van der Waals surface area contributed by atoms with Crippen molar-refractivity contribution in [2.75, 3.05) is 14.2 Å². The summed E-state index contributed by atoms with van der Waals surface area (Å²) in [4.78, 5) is 26.1. The van der Waals surface area contributed by atoms with Gasteiger partial charge in [0.15, 0.2) is 5.75 Å². The Labute approximate surface area is 120 Å². The lowest BCUT2D eigenvalue weighted by atomic mass is 10.2. The van der Waals surface area contributed by atoms with E-state index in [1.165, 1.54) is 26.4 Å². The summed E-state index contributed by atoms with van der Waals surface area (Å²) >= 11 is 0. The molecule has 2 aromatic rings. The fourth-order valence-electron chi connectivity index (χ4n) is 2.10. The van der Waals surface area contributed by atoms with Gasteiger partial charge in [-0.25, -0.2) is 4.98 Å². The molecule has 0 aliphatic carbocycles. The van der Waals surface area contributed by atoms with Gasteiger partial charge in [-0.1, -0.05) is 0 Å². The SMILES string of the molecule is COC(=O)CCc1nc2cc(OC)c([N+](=O)[O-])cc2n1C. The first-order valence-corrected chi connectivity index (χ1v) is 6.22. The Morgan fingerprint density at radius 1 is 1.43 bits per heavy atom. The second-order valence-electron chi connectivity index (χ2n) is 4.43. The van der Waals surface area contributed by atoms with E-state index in [0.717, 1.165) is 0 Å². The minimum atomic E-state index is -0.501. The zero-order valence-corrected chi connectivity index (χ0v) is 12.0. The summed E-state index contributed by atoms with van der Waals surface area (Å²) < 4.78 is 11.3. The highest BCUT2D eigenvalue weighted by Crippen LogP contribution is 2.32. The first kappa shape index (κ1) is 14.8. The molecule has 0 N–H and O–H groups in total. The molecule has 1 heterocycles. The number of nitrogens with zero attached hydrogens (tertiary/aromatic N) is 3. The molecule has 0 aliphatic rings. The average molecular weight is 293 g/mol. The fraction of sp³-hybridized carbons (Fsp3) is 0.385. The molecule has 8 heteroatoms. The molecular formula is C13H15N3O5. The lowest BCUT2D eigenvalue weighted by Crippen LogP contribution is -2.05. The highest BCUT2D eigenvalue weighted by atomic mass is 16.6. The van der Waals surface area contributed by atoms with Crippen molar-refractivity contribution < 1.29 is 19.2 Å². The Bertz CT molecular complexity index is 707. The van der Waals surface area contributed by atoms with Crippen LogP contribution in [0.3, 0.4) is 0 Å². The molecule has 8 nitrogen and oxygen atoms in total. The first-order valence-electron chi connectivity index (χ1n) is 6.22. The van der Waals surface area contributed by atoms with Crippen LogP contribution in [0, 0.1) is 10.1 Å². The van der Waals surface area contributed by atoms with Gasteiger partial charge < -0.3 is 14.0 Å². The summed E-state index contributed by atoms with van der Waals surface area (Å²) in [5, 5.41) is 11.0. The van der Waals surface area contributed by atoms with Crippen LogP contribution in [0.15, 0.2) is 12.1 Å². The van der Waals surface area contributed by atoms with E-state index in [0.29, 0.717) is 23.3 Å². The maximum Gasteiger partial charge on any atom is 0.313 e. The van der Waals surface area contributed by atoms with E-state index in [9.17, 15) is 14.9 Å². The van der Waals surface area contributed by atoms with Crippen LogP contribution in [0.4, 0.5) is 5.69 Å². The molecule has 0 aliphatic heterocycles. The number of hydrogen-bond donors (Lipinski definition) is 0. The highest BCUT2D eigenvalue weighted by Gasteiger charge is 2.19. The van der Waals surface area contributed by atoms with Crippen molar-refractivity contribution in [1.82, 2.24) is 9.55 Å². The number of nitro benzene ring substituents is 1. The van der Waals surface area contributed by atoms with Crippen LogP contribution in [-0.4, -0.2) is 34.7 Å². The Kier molecular flexibility index (Phi) is 4.06.